The molecule has 0 aliphatic carbocycles. The molecule has 1 aliphatic rings. The van der Waals surface area contributed by atoms with E-state index in [-0.39, 0.29) is 11.6 Å². The zero-order chi connectivity index (χ0) is 15.6. The summed E-state index contributed by atoms with van der Waals surface area (Å²) >= 11 is 6.18. The molecule has 1 aliphatic heterocycles. The second kappa shape index (κ2) is 6.14. The smallest absolute Gasteiger partial charge is 0.317 e. The Hall–Kier alpha value is -1.42. The highest BCUT2D eigenvalue weighted by Gasteiger charge is 2.24. The van der Waals surface area contributed by atoms with E-state index < -0.39 is 0 Å². The van der Waals surface area contributed by atoms with Gasteiger partial charge < -0.3 is 15.1 Å². The van der Waals surface area contributed by atoms with E-state index in [1.165, 1.54) is 0 Å². The number of nitrogens with zero attached hydrogens (tertiary/aromatic N) is 2. The van der Waals surface area contributed by atoms with Crippen LogP contribution < -0.4 is 10.2 Å². The number of hydrogen-bond acceptors (Lipinski definition) is 2. The monoisotopic (exact) mass is 309 g/mol. The molecule has 4 nitrogen and oxygen atoms in total. The summed E-state index contributed by atoms with van der Waals surface area (Å²) in [4.78, 5) is 16.3. The van der Waals surface area contributed by atoms with E-state index in [2.05, 4.69) is 16.3 Å². The number of rotatable bonds is 1. The van der Waals surface area contributed by atoms with E-state index in [4.69, 9.17) is 11.6 Å². The Bertz CT molecular complexity index is 517. The SMILES string of the molecule is Cc1ccc(N2CCN(C(=O)NC(C)(C)C)CC2)cc1Cl. The van der Waals surface area contributed by atoms with Crippen molar-refractivity contribution in [3.05, 3.63) is 28.8 Å². The summed E-state index contributed by atoms with van der Waals surface area (Å²) in [6.45, 7) is 11.1. The number of urea groups is 1. The van der Waals surface area contributed by atoms with Crippen molar-refractivity contribution in [1.82, 2.24) is 10.2 Å². The van der Waals surface area contributed by atoms with Crippen molar-refractivity contribution in [2.45, 2.75) is 33.2 Å². The maximum atomic E-state index is 12.1. The van der Waals surface area contributed by atoms with Crippen LogP contribution in [0.3, 0.4) is 0 Å². The molecule has 0 saturated carbocycles. The number of hydrogen-bond donors (Lipinski definition) is 1. The fourth-order valence-corrected chi connectivity index (χ4v) is 2.52. The highest BCUT2D eigenvalue weighted by atomic mass is 35.5. The number of aryl methyl sites for hydroxylation is 1. The van der Waals surface area contributed by atoms with Crippen LogP contribution in [-0.4, -0.2) is 42.6 Å². The minimum atomic E-state index is -0.196. The molecule has 116 valence electrons. The molecular weight excluding hydrogens is 286 g/mol. The van der Waals surface area contributed by atoms with Gasteiger partial charge in [0, 0.05) is 42.4 Å². The number of nitrogens with one attached hydrogen (secondary N) is 1. The zero-order valence-electron chi connectivity index (χ0n) is 13.2. The Balaban J connectivity index is 1.94. The normalized spacial score (nSPS) is 16.0. The van der Waals surface area contributed by atoms with Crippen molar-refractivity contribution in [3.63, 3.8) is 0 Å². The maximum absolute atomic E-state index is 12.1. The number of amides is 2. The molecule has 1 aromatic rings. The van der Waals surface area contributed by atoms with E-state index in [1.54, 1.807) is 0 Å². The third-order valence-electron chi connectivity index (χ3n) is 3.57. The van der Waals surface area contributed by atoms with Crippen LogP contribution in [0.1, 0.15) is 26.3 Å². The summed E-state index contributed by atoms with van der Waals surface area (Å²) in [5.74, 6) is 0. The number of halogens is 1. The number of benzene rings is 1. The van der Waals surface area contributed by atoms with Crippen molar-refractivity contribution in [2.75, 3.05) is 31.1 Å². The lowest BCUT2D eigenvalue weighted by atomic mass is 10.1. The van der Waals surface area contributed by atoms with Gasteiger partial charge in [0.05, 0.1) is 0 Å². The van der Waals surface area contributed by atoms with Gasteiger partial charge in [-0.25, -0.2) is 4.79 Å². The third kappa shape index (κ3) is 4.27. The molecule has 0 unspecified atom stereocenters. The van der Waals surface area contributed by atoms with Gasteiger partial charge >= 0.3 is 6.03 Å². The van der Waals surface area contributed by atoms with Gasteiger partial charge in [0.2, 0.25) is 0 Å². The van der Waals surface area contributed by atoms with Gasteiger partial charge in [-0.1, -0.05) is 17.7 Å². The molecule has 0 aromatic heterocycles. The van der Waals surface area contributed by atoms with Crippen molar-refractivity contribution >= 4 is 23.3 Å². The van der Waals surface area contributed by atoms with Crippen LogP contribution in [-0.2, 0) is 0 Å². The van der Waals surface area contributed by atoms with Crippen LogP contribution in [0, 0.1) is 6.92 Å². The molecule has 0 bridgehead atoms. The van der Waals surface area contributed by atoms with Crippen LogP contribution in [0.25, 0.3) is 0 Å². The van der Waals surface area contributed by atoms with Crippen LogP contribution in [0.15, 0.2) is 18.2 Å². The summed E-state index contributed by atoms with van der Waals surface area (Å²) in [7, 11) is 0. The zero-order valence-corrected chi connectivity index (χ0v) is 14.0. The lowest BCUT2D eigenvalue weighted by molar-refractivity contribution is 0.185. The average Bonchev–Trinajstić information content (AvgIpc) is 2.40. The minimum absolute atomic E-state index is 0.0177. The lowest BCUT2D eigenvalue weighted by Crippen LogP contribution is -2.55. The molecule has 21 heavy (non-hydrogen) atoms. The summed E-state index contributed by atoms with van der Waals surface area (Å²) in [5, 5.41) is 3.80. The Morgan fingerprint density at radius 3 is 2.33 bits per heavy atom. The van der Waals surface area contributed by atoms with Crippen molar-refractivity contribution in [3.8, 4) is 0 Å². The first kappa shape index (κ1) is 16.0. The topological polar surface area (TPSA) is 35.6 Å². The summed E-state index contributed by atoms with van der Waals surface area (Å²) < 4.78 is 0. The summed E-state index contributed by atoms with van der Waals surface area (Å²) in [6.07, 6.45) is 0. The van der Waals surface area contributed by atoms with Crippen LogP contribution >= 0.6 is 11.6 Å². The molecule has 1 fully saturated rings. The fourth-order valence-electron chi connectivity index (χ4n) is 2.35. The van der Waals surface area contributed by atoms with E-state index in [1.807, 2.05) is 44.7 Å². The molecule has 0 radical (unpaired) electrons. The fraction of sp³-hybridized carbons (Fsp3) is 0.562. The highest BCUT2D eigenvalue weighted by Crippen LogP contribution is 2.24. The minimum Gasteiger partial charge on any atom is -0.368 e. The van der Waals surface area contributed by atoms with Gasteiger partial charge in [0.1, 0.15) is 0 Å². The van der Waals surface area contributed by atoms with Gasteiger partial charge in [0.25, 0.3) is 0 Å². The second-order valence-corrected chi connectivity index (χ2v) is 6.99. The molecule has 1 heterocycles. The molecule has 1 saturated heterocycles. The van der Waals surface area contributed by atoms with E-state index >= 15 is 0 Å². The van der Waals surface area contributed by atoms with Crippen molar-refractivity contribution < 1.29 is 4.79 Å². The third-order valence-corrected chi connectivity index (χ3v) is 3.98. The molecule has 1 N–H and O–H groups in total. The first-order valence-electron chi connectivity index (χ1n) is 7.34. The Kier molecular flexibility index (Phi) is 4.67. The first-order chi connectivity index (χ1) is 9.76. The van der Waals surface area contributed by atoms with Crippen LogP contribution in [0.2, 0.25) is 5.02 Å². The molecule has 0 spiro atoms. The molecule has 2 rings (SSSR count). The van der Waals surface area contributed by atoms with Gasteiger partial charge in [-0.15, -0.1) is 0 Å². The van der Waals surface area contributed by atoms with Gasteiger partial charge in [-0.05, 0) is 45.4 Å². The predicted molar refractivity (Wildman–Crippen MR) is 88.3 cm³/mol. The summed E-state index contributed by atoms with van der Waals surface area (Å²) in [5.41, 5.74) is 2.02. The average molecular weight is 310 g/mol. The van der Waals surface area contributed by atoms with Gasteiger partial charge in [-0.2, -0.15) is 0 Å². The largest absolute Gasteiger partial charge is 0.368 e. The highest BCUT2D eigenvalue weighted by molar-refractivity contribution is 6.31. The Morgan fingerprint density at radius 1 is 1.19 bits per heavy atom. The number of anilines is 1. The van der Waals surface area contributed by atoms with Crippen molar-refractivity contribution in [2.24, 2.45) is 0 Å². The number of carbonyl (C=O) groups is 1. The Labute approximate surface area is 132 Å². The molecule has 0 atom stereocenters. The van der Waals surface area contributed by atoms with Crippen LogP contribution in [0.4, 0.5) is 10.5 Å². The van der Waals surface area contributed by atoms with Crippen LogP contribution in [0.5, 0.6) is 0 Å². The molecule has 5 heteroatoms. The number of carbonyl (C=O) groups excluding carboxylic acids is 1. The van der Waals surface area contributed by atoms with E-state index in [0.29, 0.717) is 0 Å². The summed E-state index contributed by atoms with van der Waals surface area (Å²) in [6, 6.07) is 6.15. The maximum Gasteiger partial charge on any atom is 0.317 e. The first-order valence-corrected chi connectivity index (χ1v) is 7.72. The predicted octanol–water partition coefficient (Wildman–Crippen LogP) is 3.28. The van der Waals surface area contributed by atoms with Gasteiger partial charge in [-0.3, -0.25) is 0 Å². The van der Waals surface area contributed by atoms with Gasteiger partial charge in [0.15, 0.2) is 0 Å². The number of piperazine rings is 1. The second-order valence-electron chi connectivity index (χ2n) is 6.59. The van der Waals surface area contributed by atoms with E-state index in [9.17, 15) is 4.79 Å². The quantitative estimate of drug-likeness (QED) is 0.864. The van der Waals surface area contributed by atoms with E-state index in [0.717, 1.165) is 42.5 Å². The molecule has 2 amide bonds. The van der Waals surface area contributed by atoms with Crippen molar-refractivity contribution in [1.29, 1.82) is 0 Å². The Morgan fingerprint density at radius 2 is 1.81 bits per heavy atom. The molecule has 1 aromatic carbocycles. The molecular formula is C16H24ClN3O. The lowest BCUT2D eigenvalue weighted by Gasteiger charge is -2.37. The standard InChI is InChI=1S/C16H24ClN3O/c1-12-5-6-13(11-14(12)17)19-7-9-20(10-8-19)15(21)18-16(2,3)4/h5-6,11H,7-10H2,1-4H3,(H,18,21).